The van der Waals surface area contributed by atoms with Gasteiger partial charge in [0.1, 0.15) is 0 Å². The van der Waals surface area contributed by atoms with E-state index in [1.807, 2.05) is 6.92 Å². The van der Waals surface area contributed by atoms with Gasteiger partial charge in [0.05, 0.1) is 11.0 Å². The lowest BCUT2D eigenvalue weighted by molar-refractivity contribution is 0.214. The number of benzene rings is 1. The van der Waals surface area contributed by atoms with Gasteiger partial charge in [-0.1, -0.05) is 37.5 Å². The second-order valence-electron chi connectivity index (χ2n) is 4.32. The molecule has 0 aliphatic heterocycles. The van der Waals surface area contributed by atoms with Crippen LogP contribution in [0.5, 0.6) is 0 Å². The maximum Gasteiger partial charge on any atom is 0.297 e. The molecule has 1 aromatic carbocycles. The highest BCUT2D eigenvalue weighted by Gasteiger charge is 2.18. The number of hydrogen-bond acceptors (Lipinski definition) is 3. The molecule has 0 fully saturated rings. The summed E-state index contributed by atoms with van der Waals surface area (Å²) in [5.74, 6) is 0. The van der Waals surface area contributed by atoms with Gasteiger partial charge in [0.2, 0.25) is 0 Å². The fourth-order valence-electron chi connectivity index (χ4n) is 1.52. The first kappa shape index (κ1) is 14.2. The maximum atomic E-state index is 11.9. The van der Waals surface area contributed by atoms with Crippen LogP contribution in [0, 0.1) is 6.92 Å². The van der Waals surface area contributed by atoms with Crippen LogP contribution < -0.4 is 0 Å². The normalized spacial score (nSPS) is 13.6. The number of unbranched alkanes of at least 4 members (excludes halogenated alkanes) is 1. The molecule has 0 heterocycles. The van der Waals surface area contributed by atoms with Crippen molar-refractivity contribution in [2.45, 2.75) is 51.0 Å². The molecule has 0 saturated carbocycles. The van der Waals surface area contributed by atoms with Crippen LogP contribution in [0.2, 0.25) is 0 Å². The Bertz CT molecular complexity index is 434. The van der Waals surface area contributed by atoms with Crippen LogP contribution in [-0.4, -0.2) is 14.5 Å². The predicted octanol–water partition coefficient (Wildman–Crippen LogP) is 3.28. The first-order valence-corrected chi connectivity index (χ1v) is 7.36. The lowest BCUT2D eigenvalue weighted by Gasteiger charge is -2.12. The number of rotatable bonds is 6. The van der Waals surface area contributed by atoms with Crippen molar-refractivity contribution in [1.82, 2.24) is 0 Å². The monoisotopic (exact) mass is 256 g/mol. The molecular formula is C13H20O3S. The highest BCUT2D eigenvalue weighted by molar-refractivity contribution is 7.86. The second kappa shape index (κ2) is 6.17. The standard InChI is InChI=1S/C13H20O3S/c1-4-5-6-12(3)16-17(14,15)13-9-7-11(2)8-10-13/h7-10,12H,4-6H2,1-3H3. The highest BCUT2D eigenvalue weighted by atomic mass is 32.2. The number of hydrogen-bond donors (Lipinski definition) is 0. The summed E-state index contributed by atoms with van der Waals surface area (Å²) in [6.45, 7) is 5.78. The van der Waals surface area contributed by atoms with Crippen molar-refractivity contribution in [3.8, 4) is 0 Å². The molecule has 0 saturated heterocycles. The first-order chi connectivity index (χ1) is 7.95. The molecular weight excluding hydrogens is 236 g/mol. The van der Waals surface area contributed by atoms with E-state index in [4.69, 9.17) is 4.18 Å². The van der Waals surface area contributed by atoms with Gasteiger partial charge in [-0.15, -0.1) is 0 Å². The van der Waals surface area contributed by atoms with Crippen LogP contribution in [-0.2, 0) is 14.3 Å². The summed E-state index contributed by atoms with van der Waals surface area (Å²) in [6, 6.07) is 6.70. The van der Waals surface area contributed by atoms with E-state index < -0.39 is 10.1 Å². The smallest absolute Gasteiger partial charge is 0.263 e. The van der Waals surface area contributed by atoms with Crippen molar-refractivity contribution in [1.29, 1.82) is 0 Å². The van der Waals surface area contributed by atoms with Crippen LogP contribution in [0.3, 0.4) is 0 Å². The molecule has 96 valence electrons. The third-order valence-electron chi connectivity index (χ3n) is 2.56. The van der Waals surface area contributed by atoms with Gasteiger partial charge in [0, 0.05) is 0 Å². The Hall–Kier alpha value is -0.870. The SMILES string of the molecule is CCCCC(C)OS(=O)(=O)c1ccc(C)cc1. The van der Waals surface area contributed by atoms with Gasteiger partial charge in [-0.2, -0.15) is 8.42 Å². The molecule has 0 bridgehead atoms. The molecule has 0 aliphatic rings. The fourth-order valence-corrected chi connectivity index (χ4v) is 2.63. The van der Waals surface area contributed by atoms with Crippen LogP contribution in [0.1, 0.15) is 38.7 Å². The first-order valence-electron chi connectivity index (χ1n) is 5.95. The van der Waals surface area contributed by atoms with E-state index >= 15 is 0 Å². The van der Waals surface area contributed by atoms with E-state index in [2.05, 4.69) is 6.92 Å². The minimum atomic E-state index is -3.61. The fraction of sp³-hybridized carbons (Fsp3) is 0.538. The molecule has 1 aromatic rings. The average Bonchev–Trinajstić information content (AvgIpc) is 2.26. The Morgan fingerprint density at radius 3 is 2.35 bits per heavy atom. The Balaban J connectivity index is 2.71. The Morgan fingerprint density at radius 1 is 1.24 bits per heavy atom. The van der Waals surface area contributed by atoms with Gasteiger partial charge in [-0.25, -0.2) is 0 Å². The van der Waals surface area contributed by atoms with Crippen LogP contribution >= 0.6 is 0 Å². The molecule has 0 aliphatic carbocycles. The average molecular weight is 256 g/mol. The minimum Gasteiger partial charge on any atom is -0.263 e. The summed E-state index contributed by atoms with van der Waals surface area (Å²) in [5.41, 5.74) is 1.03. The lowest BCUT2D eigenvalue weighted by Crippen LogP contribution is -2.15. The highest BCUT2D eigenvalue weighted by Crippen LogP contribution is 2.17. The molecule has 1 atom stereocenters. The third kappa shape index (κ3) is 4.48. The van der Waals surface area contributed by atoms with E-state index in [0.29, 0.717) is 0 Å². The van der Waals surface area contributed by atoms with Crippen LogP contribution in [0.25, 0.3) is 0 Å². The van der Waals surface area contributed by atoms with Gasteiger partial charge in [-0.05, 0) is 32.4 Å². The minimum absolute atomic E-state index is 0.228. The Morgan fingerprint density at radius 2 is 1.82 bits per heavy atom. The molecule has 0 N–H and O–H groups in total. The quantitative estimate of drug-likeness (QED) is 0.734. The van der Waals surface area contributed by atoms with E-state index in [-0.39, 0.29) is 11.0 Å². The molecule has 3 nitrogen and oxygen atoms in total. The summed E-state index contributed by atoms with van der Waals surface area (Å²) in [6.07, 6.45) is 2.52. The van der Waals surface area contributed by atoms with Gasteiger partial charge in [0.15, 0.2) is 0 Å². The summed E-state index contributed by atoms with van der Waals surface area (Å²) < 4.78 is 28.9. The summed E-state index contributed by atoms with van der Waals surface area (Å²) in [7, 11) is -3.61. The van der Waals surface area contributed by atoms with E-state index in [0.717, 1.165) is 24.8 Å². The number of aryl methyl sites for hydroxylation is 1. The molecule has 17 heavy (non-hydrogen) atoms. The van der Waals surface area contributed by atoms with Crippen molar-refractivity contribution >= 4 is 10.1 Å². The van der Waals surface area contributed by atoms with Crippen molar-refractivity contribution in [3.63, 3.8) is 0 Å². The maximum absolute atomic E-state index is 11.9. The molecule has 4 heteroatoms. The summed E-state index contributed by atoms with van der Waals surface area (Å²) >= 11 is 0. The van der Waals surface area contributed by atoms with Crippen molar-refractivity contribution in [2.24, 2.45) is 0 Å². The Labute approximate surface area is 104 Å². The summed E-state index contributed by atoms with van der Waals surface area (Å²) in [5, 5.41) is 0. The van der Waals surface area contributed by atoms with E-state index in [9.17, 15) is 8.42 Å². The zero-order chi connectivity index (χ0) is 12.9. The van der Waals surface area contributed by atoms with Gasteiger partial charge < -0.3 is 0 Å². The van der Waals surface area contributed by atoms with Gasteiger partial charge in [0.25, 0.3) is 10.1 Å². The zero-order valence-corrected chi connectivity index (χ0v) is 11.5. The van der Waals surface area contributed by atoms with Gasteiger partial charge >= 0.3 is 0 Å². The Kier molecular flexibility index (Phi) is 5.15. The van der Waals surface area contributed by atoms with Crippen LogP contribution in [0.15, 0.2) is 29.2 Å². The van der Waals surface area contributed by atoms with E-state index in [1.165, 1.54) is 0 Å². The zero-order valence-electron chi connectivity index (χ0n) is 10.6. The lowest BCUT2D eigenvalue weighted by atomic mass is 10.2. The second-order valence-corrected chi connectivity index (χ2v) is 5.89. The summed E-state index contributed by atoms with van der Waals surface area (Å²) in [4.78, 5) is 0.228. The topological polar surface area (TPSA) is 43.4 Å². The molecule has 0 radical (unpaired) electrons. The van der Waals surface area contributed by atoms with Crippen molar-refractivity contribution < 1.29 is 12.6 Å². The van der Waals surface area contributed by atoms with Crippen molar-refractivity contribution in [3.05, 3.63) is 29.8 Å². The third-order valence-corrected chi connectivity index (χ3v) is 4.00. The molecule has 0 spiro atoms. The van der Waals surface area contributed by atoms with E-state index in [1.54, 1.807) is 31.2 Å². The largest absolute Gasteiger partial charge is 0.297 e. The molecule has 0 aromatic heterocycles. The van der Waals surface area contributed by atoms with Crippen LogP contribution in [0.4, 0.5) is 0 Å². The molecule has 1 rings (SSSR count). The predicted molar refractivity (Wildman–Crippen MR) is 68.4 cm³/mol. The molecule has 1 unspecified atom stereocenters. The van der Waals surface area contributed by atoms with Gasteiger partial charge in [-0.3, -0.25) is 4.18 Å². The molecule has 0 amide bonds. The van der Waals surface area contributed by atoms with Crippen molar-refractivity contribution in [2.75, 3.05) is 0 Å².